The van der Waals surface area contributed by atoms with Crippen LogP contribution in [0.25, 0.3) is 0 Å². The van der Waals surface area contributed by atoms with Gasteiger partial charge in [0.05, 0.1) is 23.4 Å². The largest absolute Gasteiger partial charge is 0.375 e. The van der Waals surface area contributed by atoms with E-state index < -0.39 is 0 Å². The van der Waals surface area contributed by atoms with E-state index in [0.717, 1.165) is 12.1 Å². The third kappa shape index (κ3) is 4.31. The number of aromatic nitrogens is 3. The molecule has 4 nitrogen and oxygen atoms in total. The molecule has 1 aromatic heterocycles. The Morgan fingerprint density at radius 2 is 1.81 bits per heavy atom. The van der Waals surface area contributed by atoms with Gasteiger partial charge in [0.2, 0.25) is 0 Å². The highest BCUT2D eigenvalue weighted by Gasteiger charge is 2.15. The monoisotopic (exact) mass is 225 g/mol. The summed E-state index contributed by atoms with van der Waals surface area (Å²) < 4.78 is 7.54. The summed E-state index contributed by atoms with van der Waals surface area (Å²) in [6, 6.07) is 0. The Hall–Kier alpha value is -0.900. The van der Waals surface area contributed by atoms with Crippen molar-refractivity contribution >= 4 is 0 Å². The van der Waals surface area contributed by atoms with E-state index in [1.807, 2.05) is 10.9 Å². The van der Waals surface area contributed by atoms with Crippen molar-refractivity contribution in [3.05, 3.63) is 11.9 Å². The van der Waals surface area contributed by atoms with Crippen molar-refractivity contribution in [1.82, 2.24) is 15.0 Å². The lowest BCUT2D eigenvalue weighted by Gasteiger charge is -2.19. The Kier molecular flexibility index (Phi) is 3.73. The van der Waals surface area contributed by atoms with Gasteiger partial charge in [-0.1, -0.05) is 5.21 Å². The van der Waals surface area contributed by atoms with Gasteiger partial charge in [-0.15, -0.1) is 5.10 Å². The average Bonchev–Trinajstić information content (AvgIpc) is 2.49. The van der Waals surface area contributed by atoms with E-state index in [9.17, 15) is 0 Å². The number of rotatable bonds is 3. The molecule has 0 bridgehead atoms. The Morgan fingerprint density at radius 3 is 2.25 bits per heavy atom. The maximum absolute atomic E-state index is 5.65. The van der Waals surface area contributed by atoms with E-state index in [4.69, 9.17) is 4.74 Å². The van der Waals surface area contributed by atoms with Crippen molar-refractivity contribution in [3.8, 4) is 0 Å². The second-order valence-electron chi connectivity index (χ2n) is 6.04. The van der Waals surface area contributed by atoms with Crippen LogP contribution in [0.5, 0.6) is 0 Å². The quantitative estimate of drug-likeness (QED) is 0.793. The van der Waals surface area contributed by atoms with Gasteiger partial charge in [-0.25, -0.2) is 4.68 Å². The third-order valence-electron chi connectivity index (χ3n) is 2.12. The van der Waals surface area contributed by atoms with Crippen LogP contribution in [0, 0.1) is 0 Å². The molecular weight excluding hydrogens is 202 g/mol. The lowest BCUT2D eigenvalue weighted by atomic mass is 10.1. The fourth-order valence-corrected chi connectivity index (χ4v) is 1.20. The average molecular weight is 225 g/mol. The van der Waals surface area contributed by atoms with E-state index in [-0.39, 0.29) is 11.1 Å². The predicted molar refractivity (Wildman–Crippen MR) is 64.4 cm³/mol. The highest BCUT2D eigenvalue weighted by atomic mass is 16.5. The van der Waals surface area contributed by atoms with Crippen molar-refractivity contribution in [2.45, 2.75) is 59.1 Å². The molecule has 4 heteroatoms. The summed E-state index contributed by atoms with van der Waals surface area (Å²) in [5.74, 6) is 0. The van der Waals surface area contributed by atoms with Crippen LogP contribution in [0.3, 0.4) is 0 Å². The molecule has 0 saturated carbocycles. The van der Waals surface area contributed by atoms with Crippen molar-refractivity contribution in [1.29, 1.82) is 0 Å². The number of nitrogens with zero attached hydrogens (tertiary/aromatic N) is 3. The highest BCUT2D eigenvalue weighted by Crippen LogP contribution is 2.12. The molecule has 0 atom stereocenters. The highest BCUT2D eigenvalue weighted by molar-refractivity contribution is 4.94. The minimum atomic E-state index is -0.0833. The maximum atomic E-state index is 5.65. The Balaban J connectivity index is 2.48. The van der Waals surface area contributed by atoms with Crippen LogP contribution < -0.4 is 0 Å². The summed E-state index contributed by atoms with van der Waals surface area (Å²) in [7, 11) is 0. The summed E-state index contributed by atoms with van der Waals surface area (Å²) in [6.45, 7) is 13.2. The SMILES string of the molecule is CC(C)(C)OCCc1cn(C(C)(C)C)nn1. The minimum Gasteiger partial charge on any atom is -0.375 e. The Morgan fingerprint density at radius 1 is 1.19 bits per heavy atom. The first-order valence-corrected chi connectivity index (χ1v) is 5.74. The minimum absolute atomic E-state index is 0.00384. The molecule has 0 fully saturated rings. The van der Waals surface area contributed by atoms with E-state index in [1.165, 1.54) is 0 Å². The molecule has 0 spiro atoms. The first-order valence-electron chi connectivity index (χ1n) is 5.74. The molecule has 0 saturated heterocycles. The topological polar surface area (TPSA) is 39.9 Å². The van der Waals surface area contributed by atoms with Crippen LogP contribution in [0.2, 0.25) is 0 Å². The van der Waals surface area contributed by atoms with Gasteiger partial charge < -0.3 is 4.74 Å². The summed E-state index contributed by atoms with van der Waals surface area (Å²) >= 11 is 0. The zero-order valence-electron chi connectivity index (χ0n) is 11.2. The van der Waals surface area contributed by atoms with E-state index >= 15 is 0 Å². The maximum Gasteiger partial charge on any atom is 0.0850 e. The van der Waals surface area contributed by atoms with Crippen molar-refractivity contribution in [3.63, 3.8) is 0 Å². The van der Waals surface area contributed by atoms with Crippen LogP contribution in [0.4, 0.5) is 0 Å². The molecule has 92 valence electrons. The fourth-order valence-electron chi connectivity index (χ4n) is 1.20. The number of ether oxygens (including phenoxy) is 1. The lowest BCUT2D eigenvalue weighted by Crippen LogP contribution is -2.22. The molecule has 0 aliphatic rings. The molecule has 1 heterocycles. The van der Waals surface area contributed by atoms with Gasteiger partial charge in [0, 0.05) is 12.6 Å². The number of hydrogen-bond donors (Lipinski definition) is 0. The second kappa shape index (κ2) is 4.53. The summed E-state index contributed by atoms with van der Waals surface area (Å²) in [6.07, 6.45) is 2.80. The molecule has 0 unspecified atom stereocenters. The lowest BCUT2D eigenvalue weighted by molar-refractivity contribution is -0.00128. The van der Waals surface area contributed by atoms with Gasteiger partial charge >= 0.3 is 0 Å². The molecule has 0 aliphatic carbocycles. The van der Waals surface area contributed by atoms with Gasteiger partial charge in [0.1, 0.15) is 0 Å². The van der Waals surface area contributed by atoms with Gasteiger partial charge in [-0.2, -0.15) is 0 Å². The van der Waals surface area contributed by atoms with Crippen LogP contribution >= 0.6 is 0 Å². The van der Waals surface area contributed by atoms with E-state index in [1.54, 1.807) is 0 Å². The first kappa shape index (κ1) is 13.2. The zero-order chi connectivity index (χ0) is 12.4. The van der Waals surface area contributed by atoms with E-state index in [0.29, 0.717) is 6.61 Å². The standard InChI is InChI=1S/C12H23N3O/c1-11(2,3)15-9-10(13-14-15)7-8-16-12(4,5)6/h9H,7-8H2,1-6H3. The molecule has 16 heavy (non-hydrogen) atoms. The third-order valence-corrected chi connectivity index (χ3v) is 2.12. The molecule has 0 aromatic carbocycles. The molecule has 0 aliphatic heterocycles. The molecule has 0 amide bonds. The Bertz CT molecular complexity index is 331. The summed E-state index contributed by atoms with van der Waals surface area (Å²) in [5, 5.41) is 8.25. The van der Waals surface area contributed by atoms with Crippen LogP contribution in [0.15, 0.2) is 6.20 Å². The molecule has 0 N–H and O–H groups in total. The van der Waals surface area contributed by atoms with E-state index in [2.05, 4.69) is 51.9 Å². The van der Waals surface area contributed by atoms with Crippen LogP contribution in [-0.2, 0) is 16.7 Å². The van der Waals surface area contributed by atoms with Crippen LogP contribution in [0.1, 0.15) is 47.2 Å². The van der Waals surface area contributed by atoms with Crippen molar-refractivity contribution < 1.29 is 4.74 Å². The normalized spacial score (nSPS) is 13.1. The van der Waals surface area contributed by atoms with Crippen molar-refractivity contribution in [2.24, 2.45) is 0 Å². The molecule has 1 aromatic rings. The van der Waals surface area contributed by atoms with Gasteiger partial charge in [0.25, 0.3) is 0 Å². The van der Waals surface area contributed by atoms with Gasteiger partial charge in [0.15, 0.2) is 0 Å². The second-order valence-corrected chi connectivity index (χ2v) is 6.04. The summed E-state index contributed by atoms with van der Waals surface area (Å²) in [4.78, 5) is 0. The molecular formula is C12H23N3O. The predicted octanol–water partition coefficient (Wildman–Crippen LogP) is 2.39. The molecule has 1 rings (SSSR count). The van der Waals surface area contributed by atoms with Crippen molar-refractivity contribution in [2.75, 3.05) is 6.61 Å². The first-order chi connectivity index (χ1) is 7.18. The Labute approximate surface area is 98.0 Å². The van der Waals surface area contributed by atoms with Crippen LogP contribution in [-0.4, -0.2) is 27.2 Å². The molecule has 0 radical (unpaired) electrons. The summed E-state index contributed by atoms with van der Waals surface area (Å²) in [5.41, 5.74) is 0.898. The number of hydrogen-bond acceptors (Lipinski definition) is 3. The van der Waals surface area contributed by atoms with Gasteiger partial charge in [-0.3, -0.25) is 0 Å². The smallest absolute Gasteiger partial charge is 0.0850 e. The zero-order valence-corrected chi connectivity index (χ0v) is 11.2. The fraction of sp³-hybridized carbons (Fsp3) is 0.833. The van der Waals surface area contributed by atoms with Gasteiger partial charge in [-0.05, 0) is 41.5 Å².